The van der Waals surface area contributed by atoms with E-state index in [9.17, 15) is 10.1 Å². The summed E-state index contributed by atoms with van der Waals surface area (Å²) >= 11 is 1.74. The minimum absolute atomic E-state index is 0.0940. The molecular formula is C10H17N5O2S. The molecular weight excluding hydrogens is 254 g/mol. The molecule has 0 bridgehead atoms. The minimum Gasteiger partial charge on any atom is -0.364 e. The molecule has 0 saturated heterocycles. The first-order valence-electron chi connectivity index (χ1n) is 5.66. The smallest absolute Gasteiger partial charge is 0.353 e. The van der Waals surface area contributed by atoms with Gasteiger partial charge in [0.1, 0.15) is 6.33 Å². The monoisotopic (exact) mass is 271 g/mol. The van der Waals surface area contributed by atoms with E-state index in [1.54, 1.807) is 11.8 Å². The van der Waals surface area contributed by atoms with Gasteiger partial charge in [-0.25, -0.2) is 9.97 Å². The van der Waals surface area contributed by atoms with Gasteiger partial charge in [0.15, 0.2) is 0 Å². The van der Waals surface area contributed by atoms with E-state index in [0.29, 0.717) is 13.1 Å². The Hall–Kier alpha value is -1.57. The Kier molecular flexibility index (Phi) is 6.20. The van der Waals surface area contributed by atoms with E-state index in [1.807, 2.05) is 13.2 Å². The van der Waals surface area contributed by atoms with Crippen LogP contribution in [0.1, 0.15) is 13.3 Å². The van der Waals surface area contributed by atoms with Crippen LogP contribution in [0.4, 0.5) is 17.3 Å². The lowest BCUT2D eigenvalue weighted by Crippen LogP contribution is -2.10. The first kappa shape index (κ1) is 14.5. The summed E-state index contributed by atoms with van der Waals surface area (Å²) in [4.78, 5) is 18.4. The van der Waals surface area contributed by atoms with E-state index in [-0.39, 0.29) is 17.3 Å². The van der Waals surface area contributed by atoms with E-state index in [1.165, 1.54) is 6.33 Å². The van der Waals surface area contributed by atoms with Gasteiger partial charge in [-0.2, -0.15) is 11.8 Å². The molecule has 0 spiro atoms. The Morgan fingerprint density at radius 3 is 2.61 bits per heavy atom. The highest BCUT2D eigenvalue weighted by atomic mass is 32.2. The van der Waals surface area contributed by atoms with Gasteiger partial charge in [-0.1, -0.05) is 0 Å². The fraction of sp³-hybridized carbons (Fsp3) is 0.600. The quantitative estimate of drug-likeness (QED) is 0.424. The second-order valence-electron chi connectivity index (χ2n) is 3.48. The molecule has 0 amide bonds. The number of nitrogens with one attached hydrogen (secondary N) is 2. The Balaban J connectivity index is 2.82. The van der Waals surface area contributed by atoms with E-state index in [2.05, 4.69) is 20.6 Å². The summed E-state index contributed by atoms with van der Waals surface area (Å²) in [5.41, 5.74) is -0.0940. The van der Waals surface area contributed by atoms with Crippen LogP contribution in [-0.4, -0.2) is 40.0 Å². The molecule has 0 atom stereocenters. The number of anilines is 2. The SMILES string of the molecule is CCNc1ncnc(NCCCSC)c1[N+](=O)[O-]. The second-order valence-corrected chi connectivity index (χ2v) is 4.47. The van der Waals surface area contributed by atoms with Crippen LogP contribution >= 0.6 is 11.8 Å². The Morgan fingerprint density at radius 1 is 1.39 bits per heavy atom. The van der Waals surface area contributed by atoms with Crippen molar-refractivity contribution in [2.45, 2.75) is 13.3 Å². The van der Waals surface area contributed by atoms with E-state index in [0.717, 1.165) is 12.2 Å². The van der Waals surface area contributed by atoms with Crippen molar-refractivity contribution in [1.82, 2.24) is 9.97 Å². The van der Waals surface area contributed by atoms with Gasteiger partial charge in [-0.05, 0) is 25.4 Å². The molecule has 2 N–H and O–H groups in total. The molecule has 1 aromatic rings. The van der Waals surface area contributed by atoms with Crippen molar-refractivity contribution in [3.63, 3.8) is 0 Å². The van der Waals surface area contributed by atoms with Crippen LogP contribution < -0.4 is 10.6 Å². The van der Waals surface area contributed by atoms with Crippen molar-refractivity contribution in [3.8, 4) is 0 Å². The average molecular weight is 271 g/mol. The largest absolute Gasteiger partial charge is 0.364 e. The maximum Gasteiger partial charge on any atom is 0.353 e. The third-order valence-corrected chi connectivity index (χ3v) is 2.86. The lowest BCUT2D eigenvalue weighted by molar-refractivity contribution is -0.383. The standard InChI is InChI=1S/C10H17N5O2S/c1-3-11-9-8(15(16)17)10(14-7-13-9)12-5-4-6-18-2/h7H,3-6H2,1-2H3,(H2,11,12,13,14). The molecule has 8 heteroatoms. The zero-order chi connectivity index (χ0) is 13.4. The highest BCUT2D eigenvalue weighted by Gasteiger charge is 2.21. The van der Waals surface area contributed by atoms with Crippen LogP contribution in [-0.2, 0) is 0 Å². The van der Waals surface area contributed by atoms with Crippen molar-refractivity contribution in [2.24, 2.45) is 0 Å². The molecule has 0 aromatic carbocycles. The number of thioether (sulfide) groups is 1. The van der Waals surface area contributed by atoms with Gasteiger partial charge in [-0.15, -0.1) is 0 Å². The number of nitro groups is 1. The molecule has 7 nitrogen and oxygen atoms in total. The normalized spacial score (nSPS) is 10.1. The zero-order valence-electron chi connectivity index (χ0n) is 10.5. The van der Waals surface area contributed by atoms with Gasteiger partial charge in [0.05, 0.1) is 4.92 Å². The Bertz CT molecular complexity index is 402. The molecule has 0 saturated carbocycles. The van der Waals surface area contributed by atoms with Crippen molar-refractivity contribution >= 4 is 29.1 Å². The molecule has 18 heavy (non-hydrogen) atoms. The van der Waals surface area contributed by atoms with Crippen LogP contribution in [0, 0.1) is 10.1 Å². The van der Waals surface area contributed by atoms with E-state index >= 15 is 0 Å². The molecule has 100 valence electrons. The van der Waals surface area contributed by atoms with Crippen molar-refractivity contribution < 1.29 is 4.92 Å². The van der Waals surface area contributed by atoms with Crippen LogP contribution in [0.3, 0.4) is 0 Å². The fourth-order valence-corrected chi connectivity index (χ4v) is 1.83. The molecule has 0 unspecified atom stereocenters. The van der Waals surface area contributed by atoms with Gasteiger partial charge in [0, 0.05) is 13.1 Å². The number of hydrogen-bond acceptors (Lipinski definition) is 7. The average Bonchev–Trinajstić information content (AvgIpc) is 2.35. The lowest BCUT2D eigenvalue weighted by Gasteiger charge is -2.08. The molecule has 1 aromatic heterocycles. The number of rotatable bonds is 8. The maximum absolute atomic E-state index is 11.0. The van der Waals surface area contributed by atoms with E-state index in [4.69, 9.17) is 0 Å². The summed E-state index contributed by atoms with van der Waals surface area (Å²) in [7, 11) is 0. The maximum atomic E-state index is 11.0. The van der Waals surface area contributed by atoms with Crippen LogP contribution in [0.25, 0.3) is 0 Å². The number of aromatic nitrogens is 2. The Labute approximate surface area is 110 Å². The van der Waals surface area contributed by atoms with Crippen LogP contribution in [0.5, 0.6) is 0 Å². The predicted octanol–water partition coefficient (Wildman–Crippen LogP) is 1.98. The number of nitrogens with zero attached hydrogens (tertiary/aromatic N) is 3. The molecule has 0 fully saturated rings. The predicted molar refractivity (Wildman–Crippen MR) is 74.3 cm³/mol. The first-order chi connectivity index (χ1) is 8.70. The molecule has 0 aliphatic rings. The highest BCUT2D eigenvalue weighted by Crippen LogP contribution is 2.28. The first-order valence-corrected chi connectivity index (χ1v) is 7.06. The van der Waals surface area contributed by atoms with Gasteiger partial charge in [0.25, 0.3) is 0 Å². The molecule has 1 heterocycles. The Morgan fingerprint density at radius 2 is 2.06 bits per heavy atom. The van der Waals surface area contributed by atoms with Crippen LogP contribution in [0.15, 0.2) is 6.33 Å². The fourth-order valence-electron chi connectivity index (χ4n) is 1.40. The second kappa shape index (κ2) is 7.70. The zero-order valence-corrected chi connectivity index (χ0v) is 11.3. The minimum atomic E-state index is -0.463. The van der Waals surface area contributed by atoms with Gasteiger partial charge >= 0.3 is 5.69 Å². The van der Waals surface area contributed by atoms with Gasteiger partial charge in [-0.3, -0.25) is 10.1 Å². The van der Waals surface area contributed by atoms with Gasteiger partial charge in [0.2, 0.25) is 11.6 Å². The summed E-state index contributed by atoms with van der Waals surface area (Å²) in [6.45, 7) is 3.09. The van der Waals surface area contributed by atoms with Crippen LogP contribution in [0.2, 0.25) is 0 Å². The third-order valence-electron chi connectivity index (χ3n) is 2.17. The summed E-state index contributed by atoms with van der Waals surface area (Å²) in [6.07, 6.45) is 4.27. The number of hydrogen-bond donors (Lipinski definition) is 2. The van der Waals surface area contributed by atoms with Crippen molar-refractivity contribution in [1.29, 1.82) is 0 Å². The molecule has 0 radical (unpaired) electrons. The molecule has 0 aliphatic heterocycles. The van der Waals surface area contributed by atoms with Gasteiger partial charge < -0.3 is 10.6 Å². The summed E-state index contributed by atoms with van der Waals surface area (Å²) in [6, 6.07) is 0. The lowest BCUT2D eigenvalue weighted by atomic mass is 10.4. The van der Waals surface area contributed by atoms with E-state index < -0.39 is 4.92 Å². The van der Waals surface area contributed by atoms with Crippen molar-refractivity contribution in [2.75, 3.05) is 35.7 Å². The summed E-state index contributed by atoms with van der Waals surface area (Å²) in [5, 5.41) is 16.9. The highest BCUT2D eigenvalue weighted by molar-refractivity contribution is 7.98. The van der Waals surface area contributed by atoms with Crippen molar-refractivity contribution in [3.05, 3.63) is 16.4 Å². The topological polar surface area (TPSA) is 93.0 Å². The summed E-state index contributed by atoms with van der Waals surface area (Å²) < 4.78 is 0. The summed E-state index contributed by atoms with van der Waals surface area (Å²) in [5.74, 6) is 1.53. The molecule has 1 rings (SSSR count). The third kappa shape index (κ3) is 4.02. The molecule has 0 aliphatic carbocycles.